The van der Waals surface area contributed by atoms with Gasteiger partial charge in [0.15, 0.2) is 6.61 Å². The minimum absolute atomic E-state index is 0.0318. The lowest BCUT2D eigenvalue weighted by atomic mass is 9.82. The molecule has 1 heterocycles. The summed E-state index contributed by atoms with van der Waals surface area (Å²) >= 11 is 0. The van der Waals surface area contributed by atoms with Gasteiger partial charge in [-0.05, 0) is 60.6 Å². The molecule has 31 heavy (non-hydrogen) atoms. The number of amides is 2. The fraction of sp³-hybridized carbons (Fsp3) is 0.462. The van der Waals surface area contributed by atoms with Crippen LogP contribution in [0.5, 0.6) is 5.75 Å². The molecule has 1 saturated heterocycles. The van der Waals surface area contributed by atoms with Gasteiger partial charge in [0, 0.05) is 24.3 Å². The van der Waals surface area contributed by atoms with Gasteiger partial charge in [-0.1, -0.05) is 51.8 Å². The maximum Gasteiger partial charge on any atom is 0.262 e. The number of likely N-dealkylation sites (tertiary alicyclic amines) is 1. The van der Waals surface area contributed by atoms with Crippen molar-refractivity contribution >= 4 is 17.5 Å². The molecule has 1 aliphatic heterocycles. The van der Waals surface area contributed by atoms with E-state index >= 15 is 0 Å². The van der Waals surface area contributed by atoms with Gasteiger partial charge in [-0.15, -0.1) is 0 Å². The number of anilines is 1. The third-order valence-electron chi connectivity index (χ3n) is 6.18. The molecule has 0 atom stereocenters. The van der Waals surface area contributed by atoms with Crippen LogP contribution in [0.4, 0.5) is 5.69 Å². The number of hydrogen-bond acceptors (Lipinski definition) is 3. The smallest absolute Gasteiger partial charge is 0.262 e. The highest BCUT2D eigenvalue weighted by molar-refractivity contribution is 5.97. The van der Waals surface area contributed by atoms with E-state index in [1.54, 1.807) is 24.3 Å². The lowest BCUT2D eigenvalue weighted by molar-refractivity contribution is -0.118. The molecule has 0 saturated carbocycles. The van der Waals surface area contributed by atoms with Crippen molar-refractivity contribution in [3.63, 3.8) is 0 Å². The Balaban J connectivity index is 1.55. The first kappa shape index (κ1) is 22.9. The van der Waals surface area contributed by atoms with Gasteiger partial charge in [-0.2, -0.15) is 0 Å². The van der Waals surface area contributed by atoms with Crippen LogP contribution < -0.4 is 10.1 Å². The van der Waals surface area contributed by atoms with Gasteiger partial charge in [0.25, 0.3) is 11.8 Å². The molecule has 0 radical (unpaired) electrons. The summed E-state index contributed by atoms with van der Waals surface area (Å²) in [6.45, 7) is 8.12. The molecule has 5 heteroatoms. The average Bonchev–Trinajstić information content (AvgIpc) is 3.07. The molecule has 2 aromatic carbocycles. The summed E-state index contributed by atoms with van der Waals surface area (Å²) in [7, 11) is 0. The summed E-state index contributed by atoms with van der Waals surface area (Å²) in [6.07, 6.45) is 5.51. The molecular weight excluding hydrogens is 388 g/mol. The highest BCUT2D eigenvalue weighted by atomic mass is 16.5. The van der Waals surface area contributed by atoms with Crippen molar-refractivity contribution in [1.29, 1.82) is 0 Å². The second-order valence-corrected chi connectivity index (χ2v) is 8.89. The number of ether oxygens (including phenoxy) is 1. The van der Waals surface area contributed by atoms with E-state index < -0.39 is 0 Å². The Bertz CT molecular complexity index is 882. The quantitative estimate of drug-likeness (QED) is 0.649. The largest absolute Gasteiger partial charge is 0.484 e. The van der Waals surface area contributed by atoms with Crippen LogP contribution in [-0.4, -0.2) is 36.4 Å². The van der Waals surface area contributed by atoms with Crippen LogP contribution in [0.25, 0.3) is 0 Å². The molecule has 0 unspecified atom stereocenters. The Kier molecular flexibility index (Phi) is 7.72. The number of rotatable bonds is 7. The lowest BCUT2D eigenvalue weighted by Gasteiger charge is -2.23. The van der Waals surface area contributed by atoms with E-state index in [0.717, 1.165) is 32.4 Å². The highest BCUT2D eigenvalue weighted by Crippen LogP contribution is 2.28. The fourth-order valence-corrected chi connectivity index (χ4v) is 3.74. The van der Waals surface area contributed by atoms with Crippen molar-refractivity contribution < 1.29 is 14.3 Å². The second kappa shape index (κ2) is 10.5. The number of hydrogen-bond donors (Lipinski definition) is 1. The molecular formula is C26H34N2O3. The number of carbonyl (C=O) groups is 2. The second-order valence-electron chi connectivity index (χ2n) is 8.89. The minimum atomic E-state index is -0.252. The third-order valence-corrected chi connectivity index (χ3v) is 6.18. The van der Waals surface area contributed by atoms with Gasteiger partial charge in [0.2, 0.25) is 0 Å². The van der Waals surface area contributed by atoms with Gasteiger partial charge in [0.05, 0.1) is 0 Å². The van der Waals surface area contributed by atoms with Gasteiger partial charge < -0.3 is 15.0 Å². The van der Waals surface area contributed by atoms with E-state index in [1.807, 2.05) is 17.0 Å². The van der Waals surface area contributed by atoms with Crippen LogP contribution >= 0.6 is 0 Å². The molecule has 3 rings (SSSR count). The zero-order valence-corrected chi connectivity index (χ0v) is 18.9. The Morgan fingerprint density at radius 3 is 2.32 bits per heavy atom. The molecule has 166 valence electrons. The van der Waals surface area contributed by atoms with Gasteiger partial charge >= 0.3 is 0 Å². The van der Waals surface area contributed by atoms with E-state index in [1.165, 1.54) is 18.4 Å². The van der Waals surface area contributed by atoms with Crippen LogP contribution in [-0.2, 0) is 10.2 Å². The normalized spacial score (nSPS) is 14.6. The van der Waals surface area contributed by atoms with Gasteiger partial charge in [-0.25, -0.2) is 0 Å². The van der Waals surface area contributed by atoms with E-state index in [0.29, 0.717) is 17.0 Å². The van der Waals surface area contributed by atoms with Gasteiger partial charge in [-0.3, -0.25) is 9.59 Å². The lowest BCUT2D eigenvalue weighted by Crippen LogP contribution is -2.31. The average molecular weight is 423 g/mol. The van der Waals surface area contributed by atoms with Crippen LogP contribution in [0.15, 0.2) is 48.5 Å². The van der Waals surface area contributed by atoms with Crippen LogP contribution in [0.1, 0.15) is 68.8 Å². The topological polar surface area (TPSA) is 58.6 Å². The van der Waals surface area contributed by atoms with E-state index in [-0.39, 0.29) is 23.8 Å². The van der Waals surface area contributed by atoms with Crippen LogP contribution in [0.2, 0.25) is 0 Å². The monoisotopic (exact) mass is 422 g/mol. The third kappa shape index (κ3) is 6.33. The molecule has 0 bridgehead atoms. The first-order valence-electron chi connectivity index (χ1n) is 11.3. The molecule has 2 amide bonds. The summed E-state index contributed by atoms with van der Waals surface area (Å²) in [6, 6.07) is 15.0. The Labute approximate surface area is 185 Å². The highest BCUT2D eigenvalue weighted by Gasteiger charge is 2.19. The zero-order valence-electron chi connectivity index (χ0n) is 18.9. The Hall–Kier alpha value is -2.82. The molecule has 1 aliphatic rings. The van der Waals surface area contributed by atoms with E-state index in [2.05, 4.69) is 38.2 Å². The van der Waals surface area contributed by atoms with Crippen molar-refractivity contribution in [3.05, 3.63) is 59.7 Å². The molecule has 2 aromatic rings. The van der Waals surface area contributed by atoms with Crippen molar-refractivity contribution in [2.75, 3.05) is 25.0 Å². The minimum Gasteiger partial charge on any atom is -0.484 e. The van der Waals surface area contributed by atoms with Gasteiger partial charge in [0.1, 0.15) is 5.75 Å². The van der Waals surface area contributed by atoms with Crippen molar-refractivity contribution in [2.45, 2.75) is 58.3 Å². The van der Waals surface area contributed by atoms with Crippen molar-refractivity contribution in [1.82, 2.24) is 4.90 Å². The number of carbonyl (C=O) groups excluding carboxylic acids is 2. The molecule has 0 aliphatic carbocycles. The summed E-state index contributed by atoms with van der Waals surface area (Å²) < 4.78 is 5.64. The zero-order chi connectivity index (χ0) is 22.3. The first-order chi connectivity index (χ1) is 14.9. The summed E-state index contributed by atoms with van der Waals surface area (Å²) in [5.41, 5.74) is 2.58. The number of nitrogens with one attached hydrogen (secondary N) is 1. The van der Waals surface area contributed by atoms with Crippen molar-refractivity contribution in [2.24, 2.45) is 0 Å². The molecule has 1 fully saturated rings. The molecule has 1 N–H and O–H groups in total. The summed E-state index contributed by atoms with van der Waals surface area (Å²) in [5, 5.41) is 2.83. The Morgan fingerprint density at radius 1 is 1.00 bits per heavy atom. The van der Waals surface area contributed by atoms with Crippen molar-refractivity contribution in [3.8, 4) is 5.75 Å². The molecule has 0 spiro atoms. The fourth-order valence-electron chi connectivity index (χ4n) is 3.74. The van der Waals surface area contributed by atoms with E-state index in [4.69, 9.17) is 4.74 Å². The maximum atomic E-state index is 12.8. The number of nitrogens with zero attached hydrogens (tertiary/aromatic N) is 1. The molecule has 5 nitrogen and oxygen atoms in total. The van der Waals surface area contributed by atoms with E-state index in [9.17, 15) is 9.59 Å². The summed E-state index contributed by atoms with van der Waals surface area (Å²) in [4.78, 5) is 27.1. The number of benzene rings is 2. The SMILES string of the molecule is CCC(C)(C)c1ccc(OCC(=O)Nc2cccc(C(=O)N3CCCCCC3)c2)cc1. The molecule has 0 aromatic heterocycles. The summed E-state index contributed by atoms with van der Waals surface area (Å²) in [5.74, 6) is 0.442. The standard InChI is InChI=1S/C26H34N2O3/c1-4-26(2,3)21-12-14-23(15-13-21)31-19-24(29)27-22-11-9-10-20(18-22)25(30)28-16-7-5-6-8-17-28/h9-15,18H,4-8,16-17,19H2,1-3H3,(H,27,29). The predicted octanol–water partition coefficient (Wildman–Crippen LogP) is 5.41. The first-order valence-corrected chi connectivity index (χ1v) is 11.3. The maximum absolute atomic E-state index is 12.8. The van der Waals surface area contributed by atoms with Crippen LogP contribution in [0.3, 0.4) is 0 Å². The Morgan fingerprint density at radius 2 is 1.68 bits per heavy atom. The van der Waals surface area contributed by atoms with Crippen LogP contribution in [0, 0.1) is 0 Å². The predicted molar refractivity (Wildman–Crippen MR) is 125 cm³/mol.